The largest absolute Gasteiger partial charge is 0.380 e. The topological polar surface area (TPSA) is 71.2 Å². The molecule has 7 heteroatoms. The molecule has 2 N–H and O–H groups in total. The van der Waals surface area contributed by atoms with Gasteiger partial charge in [0.05, 0.1) is 11.0 Å². The lowest BCUT2D eigenvalue weighted by atomic mass is 10.1. The average molecular weight is 362 g/mol. The molecule has 1 heterocycles. The number of fused-ring (bicyclic) bond motifs is 1. The molecule has 0 bridgehead atoms. The van der Waals surface area contributed by atoms with E-state index in [4.69, 9.17) is 4.74 Å². The van der Waals surface area contributed by atoms with Crippen molar-refractivity contribution >= 4 is 20.9 Å². The normalized spacial score (nSPS) is 13.2. The van der Waals surface area contributed by atoms with Gasteiger partial charge >= 0.3 is 0 Å². The molecule has 0 spiro atoms. The van der Waals surface area contributed by atoms with E-state index in [9.17, 15) is 12.8 Å². The Kier molecular flexibility index (Phi) is 4.89. The molecular weight excluding hydrogens is 343 g/mol. The number of sulfonamides is 1. The van der Waals surface area contributed by atoms with Gasteiger partial charge in [-0.1, -0.05) is 12.1 Å². The zero-order chi connectivity index (χ0) is 18.0. The number of hydrogen-bond acceptors (Lipinski definition) is 3. The summed E-state index contributed by atoms with van der Waals surface area (Å²) in [4.78, 5) is 3.21. The fourth-order valence-corrected chi connectivity index (χ4v) is 3.66. The molecule has 0 amide bonds. The van der Waals surface area contributed by atoms with Gasteiger partial charge in [-0.15, -0.1) is 0 Å². The smallest absolute Gasteiger partial charge is 0.240 e. The van der Waals surface area contributed by atoms with Crippen LogP contribution in [0, 0.1) is 5.82 Å². The highest BCUT2D eigenvalue weighted by Gasteiger charge is 2.15. The number of aromatic nitrogens is 1. The monoisotopic (exact) mass is 362 g/mol. The van der Waals surface area contributed by atoms with Crippen LogP contribution in [0.5, 0.6) is 0 Å². The Labute approximate surface area is 145 Å². The minimum absolute atomic E-state index is 0.186. The Morgan fingerprint density at radius 2 is 1.92 bits per heavy atom. The van der Waals surface area contributed by atoms with Crippen LogP contribution in [0.15, 0.2) is 53.6 Å². The van der Waals surface area contributed by atoms with Crippen molar-refractivity contribution in [1.82, 2.24) is 9.71 Å². The van der Waals surface area contributed by atoms with E-state index >= 15 is 0 Å². The second kappa shape index (κ2) is 6.95. The number of hydrogen-bond donors (Lipinski definition) is 2. The van der Waals surface area contributed by atoms with Crippen LogP contribution in [0.25, 0.3) is 22.0 Å². The summed E-state index contributed by atoms with van der Waals surface area (Å²) in [6.45, 7) is 1.99. The second-order valence-electron chi connectivity index (χ2n) is 5.81. The molecule has 1 atom stereocenters. The van der Waals surface area contributed by atoms with E-state index in [1.54, 1.807) is 43.5 Å². The van der Waals surface area contributed by atoms with Crippen LogP contribution in [-0.4, -0.2) is 33.2 Å². The third-order valence-electron chi connectivity index (χ3n) is 4.08. The van der Waals surface area contributed by atoms with E-state index in [-0.39, 0.29) is 23.4 Å². The number of methoxy groups -OCH3 is 1. The molecule has 3 aromatic rings. The van der Waals surface area contributed by atoms with Crippen LogP contribution < -0.4 is 4.72 Å². The van der Waals surface area contributed by atoms with Crippen LogP contribution in [0.1, 0.15) is 6.92 Å². The summed E-state index contributed by atoms with van der Waals surface area (Å²) in [5, 5.41) is 0.879. The van der Waals surface area contributed by atoms with Crippen LogP contribution in [0.2, 0.25) is 0 Å². The lowest BCUT2D eigenvalue weighted by molar-refractivity contribution is 0.122. The van der Waals surface area contributed by atoms with Gasteiger partial charge in [-0.3, -0.25) is 0 Å². The van der Waals surface area contributed by atoms with E-state index in [0.29, 0.717) is 5.52 Å². The molecule has 0 saturated carbocycles. The Balaban J connectivity index is 1.86. The van der Waals surface area contributed by atoms with Crippen molar-refractivity contribution in [3.05, 3.63) is 54.5 Å². The maximum Gasteiger partial charge on any atom is 0.240 e. The van der Waals surface area contributed by atoms with Gasteiger partial charge in [0.25, 0.3) is 0 Å². The van der Waals surface area contributed by atoms with Crippen molar-refractivity contribution in [2.24, 2.45) is 0 Å². The predicted molar refractivity (Wildman–Crippen MR) is 95.4 cm³/mol. The lowest BCUT2D eigenvalue weighted by Gasteiger charge is -2.11. The predicted octanol–water partition coefficient (Wildman–Crippen LogP) is 3.29. The van der Waals surface area contributed by atoms with Gasteiger partial charge in [0.15, 0.2) is 0 Å². The van der Waals surface area contributed by atoms with E-state index in [1.807, 2.05) is 0 Å². The fourth-order valence-electron chi connectivity index (χ4n) is 2.54. The summed E-state index contributed by atoms with van der Waals surface area (Å²) in [5.74, 6) is -0.307. The molecule has 0 radical (unpaired) electrons. The van der Waals surface area contributed by atoms with Gasteiger partial charge < -0.3 is 9.72 Å². The number of aromatic amines is 1. The maximum atomic E-state index is 13.3. The van der Waals surface area contributed by atoms with Crippen molar-refractivity contribution in [3.63, 3.8) is 0 Å². The van der Waals surface area contributed by atoms with Crippen LogP contribution in [0.3, 0.4) is 0 Å². The summed E-state index contributed by atoms with van der Waals surface area (Å²) in [6, 6.07) is 11.1. The van der Waals surface area contributed by atoms with E-state index in [2.05, 4.69) is 9.71 Å². The highest BCUT2D eigenvalue weighted by atomic mass is 32.2. The first kappa shape index (κ1) is 17.6. The van der Waals surface area contributed by atoms with Crippen molar-refractivity contribution in [3.8, 4) is 11.1 Å². The van der Waals surface area contributed by atoms with Gasteiger partial charge in [0.1, 0.15) is 5.82 Å². The summed E-state index contributed by atoms with van der Waals surface area (Å²) < 4.78 is 45.4. The highest BCUT2D eigenvalue weighted by molar-refractivity contribution is 7.89. The van der Waals surface area contributed by atoms with Crippen molar-refractivity contribution in [2.75, 3.05) is 13.7 Å². The number of ether oxygens (including phenoxy) is 1. The van der Waals surface area contributed by atoms with Crippen molar-refractivity contribution in [1.29, 1.82) is 0 Å². The molecule has 5 nitrogen and oxygen atoms in total. The van der Waals surface area contributed by atoms with Gasteiger partial charge in [-0.25, -0.2) is 17.5 Å². The number of benzene rings is 2. The van der Waals surface area contributed by atoms with Crippen LogP contribution in [-0.2, 0) is 14.8 Å². The number of nitrogens with one attached hydrogen (secondary N) is 2. The molecule has 0 aliphatic heterocycles. The van der Waals surface area contributed by atoms with Gasteiger partial charge in [0.2, 0.25) is 10.0 Å². The van der Waals surface area contributed by atoms with Crippen LogP contribution in [0.4, 0.5) is 4.39 Å². The lowest BCUT2D eigenvalue weighted by Crippen LogP contribution is -2.31. The number of rotatable bonds is 6. The number of halogens is 1. The highest BCUT2D eigenvalue weighted by Crippen LogP contribution is 2.29. The first-order chi connectivity index (χ1) is 11.9. The SMILES string of the molecule is CO[C@@H](C)CNS(=O)(=O)c1ccc(-c2c[nH]c3cc(F)ccc23)cc1. The molecule has 132 valence electrons. The molecular formula is C18H19FN2O3S. The zero-order valence-electron chi connectivity index (χ0n) is 13.9. The molecule has 0 aliphatic carbocycles. The van der Waals surface area contributed by atoms with E-state index in [1.165, 1.54) is 19.2 Å². The standard InChI is InChI=1S/C18H19FN2O3S/c1-12(24-2)10-21-25(22,23)15-6-3-13(4-7-15)17-11-20-18-9-14(19)5-8-16(17)18/h3-9,11-12,20-21H,10H2,1-2H3/t12-/m0/s1. The first-order valence-electron chi connectivity index (χ1n) is 7.80. The summed E-state index contributed by atoms with van der Waals surface area (Å²) in [5.41, 5.74) is 2.43. The fraction of sp³-hybridized carbons (Fsp3) is 0.222. The first-order valence-corrected chi connectivity index (χ1v) is 9.28. The second-order valence-corrected chi connectivity index (χ2v) is 7.58. The molecule has 0 saturated heterocycles. The quantitative estimate of drug-likeness (QED) is 0.707. The third kappa shape index (κ3) is 3.73. The van der Waals surface area contributed by atoms with Crippen LogP contribution >= 0.6 is 0 Å². The summed E-state index contributed by atoms with van der Waals surface area (Å²) in [6.07, 6.45) is 1.58. The van der Waals surface area contributed by atoms with Crippen molar-refractivity contribution in [2.45, 2.75) is 17.9 Å². The molecule has 0 aliphatic rings. The maximum absolute atomic E-state index is 13.3. The Bertz CT molecular complexity index is 981. The Morgan fingerprint density at radius 3 is 2.60 bits per heavy atom. The molecule has 1 aromatic heterocycles. The van der Waals surface area contributed by atoms with Gasteiger partial charge in [-0.2, -0.15) is 0 Å². The Morgan fingerprint density at radius 1 is 1.20 bits per heavy atom. The Hall–Kier alpha value is -2.22. The van der Waals surface area contributed by atoms with Crippen molar-refractivity contribution < 1.29 is 17.5 Å². The molecule has 2 aromatic carbocycles. The zero-order valence-corrected chi connectivity index (χ0v) is 14.7. The molecule has 25 heavy (non-hydrogen) atoms. The summed E-state index contributed by atoms with van der Waals surface area (Å²) >= 11 is 0. The van der Waals surface area contributed by atoms with Gasteiger partial charge in [-0.05, 0) is 42.8 Å². The summed E-state index contributed by atoms with van der Waals surface area (Å²) in [7, 11) is -2.06. The average Bonchev–Trinajstić information content (AvgIpc) is 3.02. The molecule has 0 unspecified atom stereocenters. The number of H-pyrrole nitrogens is 1. The third-order valence-corrected chi connectivity index (χ3v) is 5.52. The molecule has 0 fully saturated rings. The van der Waals surface area contributed by atoms with E-state index in [0.717, 1.165) is 16.5 Å². The van der Waals surface area contributed by atoms with E-state index < -0.39 is 10.0 Å². The molecule has 3 rings (SSSR count). The minimum atomic E-state index is -3.59. The minimum Gasteiger partial charge on any atom is -0.380 e. The van der Waals surface area contributed by atoms with Gasteiger partial charge in [0, 0.05) is 36.3 Å².